The van der Waals surface area contributed by atoms with Crippen molar-refractivity contribution in [3.63, 3.8) is 0 Å². The number of nitrogens with one attached hydrogen (secondary N) is 3. The van der Waals surface area contributed by atoms with E-state index in [0.29, 0.717) is 11.4 Å². The Balaban J connectivity index is 1.72. The summed E-state index contributed by atoms with van der Waals surface area (Å²) >= 11 is 0. The van der Waals surface area contributed by atoms with Crippen molar-refractivity contribution in [1.29, 1.82) is 0 Å². The minimum absolute atomic E-state index is 0.234. The van der Waals surface area contributed by atoms with Gasteiger partial charge in [-0.2, -0.15) is 0 Å². The van der Waals surface area contributed by atoms with Gasteiger partial charge in [0.15, 0.2) is 6.61 Å². The standard InChI is InChI=1S/C16H16FN3O3/c1-11-4-2-3-5-14(11)23-10-15(21)19-20-16(22)18-13-8-6-12(17)7-9-13/h2-9H,10H2,1H3,(H,19,21)(H2,18,20,22). The summed E-state index contributed by atoms with van der Waals surface area (Å²) in [5.41, 5.74) is 5.68. The van der Waals surface area contributed by atoms with Gasteiger partial charge in [0.25, 0.3) is 5.91 Å². The van der Waals surface area contributed by atoms with Crippen LogP contribution in [0.3, 0.4) is 0 Å². The van der Waals surface area contributed by atoms with Crippen LogP contribution in [-0.4, -0.2) is 18.5 Å². The van der Waals surface area contributed by atoms with Gasteiger partial charge in [0.2, 0.25) is 0 Å². The van der Waals surface area contributed by atoms with Crippen molar-refractivity contribution in [2.24, 2.45) is 0 Å². The Morgan fingerprint density at radius 3 is 2.43 bits per heavy atom. The maximum Gasteiger partial charge on any atom is 0.337 e. The molecule has 0 aliphatic rings. The molecule has 0 saturated carbocycles. The van der Waals surface area contributed by atoms with Gasteiger partial charge in [-0.3, -0.25) is 10.2 Å². The first-order chi connectivity index (χ1) is 11.0. The maximum atomic E-state index is 12.7. The smallest absolute Gasteiger partial charge is 0.337 e. The van der Waals surface area contributed by atoms with Gasteiger partial charge < -0.3 is 10.1 Å². The van der Waals surface area contributed by atoms with Crippen molar-refractivity contribution >= 4 is 17.6 Å². The molecule has 0 fully saturated rings. The molecule has 6 nitrogen and oxygen atoms in total. The average molecular weight is 317 g/mol. The molecule has 23 heavy (non-hydrogen) atoms. The largest absolute Gasteiger partial charge is 0.483 e. The Hall–Kier alpha value is -3.09. The van der Waals surface area contributed by atoms with Crippen LogP contribution in [0.25, 0.3) is 0 Å². The molecule has 0 spiro atoms. The third kappa shape index (κ3) is 5.31. The normalized spacial score (nSPS) is 9.83. The summed E-state index contributed by atoms with van der Waals surface area (Å²) in [6, 6.07) is 11.8. The Kier molecular flexibility index (Phi) is 5.51. The van der Waals surface area contributed by atoms with E-state index >= 15 is 0 Å². The number of aryl methyl sites for hydroxylation is 1. The van der Waals surface area contributed by atoms with E-state index in [0.717, 1.165) is 5.56 Å². The predicted molar refractivity (Wildman–Crippen MR) is 83.4 cm³/mol. The Labute approximate surface area is 132 Å². The molecule has 0 bridgehead atoms. The Bertz CT molecular complexity index is 689. The fraction of sp³-hybridized carbons (Fsp3) is 0.125. The van der Waals surface area contributed by atoms with E-state index in [2.05, 4.69) is 16.2 Å². The number of carbonyl (C=O) groups is 2. The number of hydrogen-bond acceptors (Lipinski definition) is 3. The highest BCUT2D eigenvalue weighted by Crippen LogP contribution is 2.15. The van der Waals surface area contributed by atoms with Crippen molar-refractivity contribution in [3.05, 3.63) is 59.9 Å². The molecule has 3 N–H and O–H groups in total. The summed E-state index contributed by atoms with van der Waals surface area (Å²) in [5.74, 6) is -0.321. The second-order valence-electron chi connectivity index (χ2n) is 4.69. The molecular formula is C16H16FN3O3. The fourth-order valence-electron chi connectivity index (χ4n) is 1.72. The molecule has 2 rings (SSSR count). The first-order valence-electron chi connectivity index (χ1n) is 6.84. The third-order valence-electron chi connectivity index (χ3n) is 2.87. The highest BCUT2D eigenvalue weighted by molar-refractivity contribution is 5.91. The lowest BCUT2D eigenvalue weighted by molar-refractivity contribution is -0.123. The van der Waals surface area contributed by atoms with Crippen molar-refractivity contribution < 1.29 is 18.7 Å². The zero-order chi connectivity index (χ0) is 16.7. The van der Waals surface area contributed by atoms with Crippen LogP contribution in [-0.2, 0) is 4.79 Å². The van der Waals surface area contributed by atoms with Gasteiger partial charge in [-0.1, -0.05) is 18.2 Å². The van der Waals surface area contributed by atoms with E-state index in [9.17, 15) is 14.0 Å². The summed E-state index contributed by atoms with van der Waals surface area (Å²) in [6.07, 6.45) is 0. The molecule has 120 valence electrons. The Morgan fingerprint density at radius 2 is 1.74 bits per heavy atom. The van der Waals surface area contributed by atoms with Crippen LogP contribution in [0.5, 0.6) is 5.75 Å². The first-order valence-corrected chi connectivity index (χ1v) is 6.84. The molecule has 0 saturated heterocycles. The molecule has 0 atom stereocenters. The molecule has 0 heterocycles. The van der Waals surface area contributed by atoms with Crippen LogP contribution in [0.15, 0.2) is 48.5 Å². The number of hydrogen-bond donors (Lipinski definition) is 3. The lowest BCUT2D eigenvalue weighted by atomic mass is 10.2. The zero-order valence-electron chi connectivity index (χ0n) is 12.4. The van der Waals surface area contributed by atoms with Crippen LogP contribution < -0.4 is 20.9 Å². The molecule has 0 radical (unpaired) electrons. The highest BCUT2D eigenvalue weighted by Gasteiger charge is 2.06. The molecule has 0 aromatic heterocycles. The topological polar surface area (TPSA) is 79.5 Å². The van der Waals surface area contributed by atoms with Gasteiger partial charge in [0.05, 0.1) is 0 Å². The molecule has 0 aliphatic carbocycles. The molecular weight excluding hydrogens is 301 g/mol. The van der Waals surface area contributed by atoms with E-state index in [-0.39, 0.29) is 6.61 Å². The van der Waals surface area contributed by atoms with E-state index in [4.69, 9.17) is 4.74 Å². The number of amides is 3. The van der Waals surface area contributed by atoms with Gasteiger partial charge in [-0.25, -0.2) is 14.6 Å². The number of rotatable bonds is 4. The third-order valence-corrected chi connectivity index (χ3v) is 2.87. The molecule has 2 aromatic rings. The summed E-state index contributed by atoms with van der Waals surface area (Å²) < 4.78 is 18.1. The number of halogens is 1. The van der Waals surface area contributed by atoms with Crippen LogP contribution in [0.1, 0.15) is 5.56 Å². The zero-order valence-corrected chi connectivity index (χ0v) is 12.4. The van der Waals surface area contributed by atoms with E-state index in [1.54, 1.807) is 12.1 Å². The Morgan fingerprint density at radius 1 is 1.04 bits per heavy atom. The summed E-state index contributed by atoms with van der Waals surface area (Å²) in [5, 5.41) is 2.44. The van der Waals surface area contributed by atoms with Gasteiger partial charge in [-0.15, -0.1) is 0 Å². The number of benzene rings is 2. The summed E-state index contributed by atoms with van der Waals surface area (Å²) in [6.45, 7) is 1.63. The van der Waals surface area contributed by atoms with Gasteiger partial charge in [0, 0.05) is 5.69 Å². The molecule has 3 amide bonds. The maximum absolute atomic E-state index is 12.7. The molecule has 7 heteroatoms. The minimum Gasteiger partial charge on any atom is -0.483 e. The molecule has 2 aromatic carbocycles. The number of para-hydroxylation sites is 1. The van der Waals surface area contributed by atoms with Crippen LogP contribution in [0.2, 0.25) is 0 Å². The number of carbonyl (C=O) groups excluding carboxylic acids is 2. The number of hydrazine groups is 1. The SMILES string of the molecule is Cc1ccccc1OCC(=O)NNC(=O)Nc1ccc(F)cc1. The molecule has 0 unspecified atom stereocenters. The lowest BCUT2D eigenvalue weighted by Crippen LogP contribution is -2.45. The lowest BCUT2D eigenvalue weighted by Gasteiger charge is -2.11. The van der Waals surface area contributed by atoms with E-state index in [1.165, 1.54) is 24.3 Å². The fourth-order valence-corrected chi connectivity index (χ4v) is 1.72. The monoisotopic (exact) mass is 317 g/mol. The van der Waals surface area contributed by atoms with Crippen LogP contribution in [0, 0.1) is 12.7 Å². The van der Waals surface area contributed by atoms with Gasteiger partial charge in [-0.05, 0) is 42.8 Å². The quantitative estimate of drug-likeness (QED) is 0.757. The van der Waals surface area contributed by atoms with Crippen LogP contribution in [0.4, 0.5) is 14.9 Å². The molecule has 0 aliphatic heterocycles. The summed E-state index contributed by atoms with van der Waals surface area (Å²) in [7, 11) is 0. The van der Waals surface area contributed by atoms with E-state index < -0.39 is 17.8 Å². The van der Waals surface area contributed by atoms with E-state index in [1.807, 2.05) is 19.1 Å². The van der Waals surface area contributed by atoms with Gasteiger partial charge >= 0.3 is 6.03 Å². The number of anilines is 1. The van der Waals surface area contributed by atoms with Crippen molar-refractivity contribution in [1.82, 2.24) is 10.9 Å². The minimum atomic E-state index is -0.652. The van der Waals surface area contributed by atoms with Crippen molar-refractivity contribution in [2.45, 2.75) is 6.92 Å². The highest BCUT2D eigenvalue weighted by atomic mass is 19.1. The van der Waals surface area contributed by atoms with Crippen molar-refractivity contribution in [3.8, 4) is 5.75 Å². The second kappa shape index (κ2) is 7.79. The summed E-state index contributed by atoms with van der Waals surface area (Å²) in [4.78, 5) is 23.2. The first kappa shape index (κ1) is 16.3. The predicted octanol–water partition coefficient (Wildman–Crippen LogP) is 2.37. The van der Waals surface area contributed by atoms with Crippen LogP contribution >= 0.6 is 0 Å². The number of urea groups is 1. The average Bonchev–Trinajstić information content (AvgIpc) is 2.54. The number of ether oxygens (including phenoxy) is 1. The van der Waals surface area contributed by atoms with Crippen molar-refractivity contribution in [2.75, 3.05) is 11.9 Å². The van der Waals surface area contributed by atoms with Gasteiger partial charge in [0.1, 0.15) is 11.6 Å². The second-order valence-corrected chi connectivity index (χ2v) is 4.69.